The maximum Gasteiger partial charge on any atom is 0.321 e. The molecule has 0 radical (unpaired) electrons. The van der Waals surface area contributed by atoms with Crippen LogP contribution in [0.1, 0.15) is 27.2 Å². The second-order valence-corrected chi connectivity index (χ2v) is 5.89. The molecule has 3 aliphatic carbocycles. The number of esters is 3. The predicted octanol–water partition coefficient (Wildman–Crippen LogP) is 1.22. The molecule has 0 aromatic carbocycles. The van der Waals surface area contributed by atoms with Gasteiger partial charge in [0.1, 0.15) is 11.5 Å². The monoisotopic (exact) mass is 264 g/mol. The molecule has 0 N–H and O–H groups in total. The van der Waals surface area contributed by atoms with E-state index >= 15 is 0 Å². The van der Waals surface area contributed by atoms with Crippen molar-refractivity contribution >= 4 is 17.9 Å². The molecule has 5 heteroatoms. The SMILES string of the molecule is CC(=O)O[C@]12C=C(C)[C@H](C(C)C1)C1C(=O)OC(=O)C12. The molecule has 1 saturated carbocycles. The molecule has 4 aliphatic rings. The fourth-order valence-corrected chi connectivity index (χ4v) is 4.25. The van der Waals surface area contributed by atoms with E-state index in [9.17, 15) is 14.4 Å². The summed E-state index contributed by atoms with van der Waals surface area (Å²) < 4.78 is 10.3. The van der Waals surface area contributed by atoms with Crippen molar-refractivity contribution in [3.8, 4) is 0 Å². The van der Waals surface area contributed by atoms with Crippen molar-refractivity contribution in [2.24, 2.45) is 23.7 Å². The molecule has 1 aliphatic heterocycles. The predicted molar refractivity (Wildman–Crippen MR) is 63.6 cm³/mol. The second-order valence-electron chi connectivity index (χ2n) is 5.89. The normalized spacial score (nSPS) is 43.6. The van der Waals surface area contributed by atoms with E-state index in [1.807, 2.05) is 19.9 Å². The average Bonchev–Trinajstić information content (AvgIpc) is 2.53. The molecule has 1 saturated heterocycles. The number of hydrogen-bond donors (Lipinski definition) is 0. The van der Waals surface area contributed by atoms with Crippen LogP contribution in [0.2, 0.25) is 0 Å². The Bertz CT molecular complexity index is 520. The molecule has 102 valence electrons. The highest BCUT2D eigenvalue weighted by molar-refractivity contribution is 5.98. The van der Waals surface area contributed by atoms with Gasteiger partial charge in [-0.2, -0.15) is 0 Å². The minimum atomic E-state index is -1.00. The highest BCUT2D eigenvalue weighted by Gasteiger charge is 2.66. The lowest BCUT2D eigenvalue weighted by molar-refractivity contribution is -0.174. The first-order chi connectivity index (χ1) is 8.85. The van der Waals surface area contributed by atoms with E-state index in [-0.39, 0.29) is 11.8 Å². The summed E-state index contributed by atoms with van der Waals surface area (Å²) in [5, 5.41) is 0. The Morgan fingerprint density at radius 2 is 2.05 bits per heavy atom. The molecule has 5 atom stereocenters. The van der Waals surface area contributed by atoms with E-state index in [0.717, 1.165) is 5.57 Å². The first-order valence-electron chi connectivity index (χ1n) is 6.50. The van der Waals surface area contributed by atoms with Gasteiger partial charge in [-0.15, -0.1) is 0 Å². The molecule has 0 amide bonds. The lowest BCUT2D eigenvalue weighted by Crippen LogP contribution is -2.57. The van der Waals surface area contributed by atoms with Crippen LogP contribution in [0, 0.1) is 23.7 Å². The third-order valence-electron chi connectivity index (χ3n) is 4.59. The molecule has 2 fully saturated rings. The third kappa shape index (κ3) is 1.50. The largest absolute Gasteiger partial charge is 0.454 e. The van der Waals surface area contributed by atoms with Gasteiger partial charge in [0, 0.05) is 6.92 Å². The first-order valence-corrected chi connectivity index (χ1v) is 6.50. The Kier molecular flexibility index (Phi) is 2.40. The van der Waals surface area contributed by atoms with Gasteiger partial charge in [0.15, 0.2) is 0 Å². The number of hydrogen-bond acceptors (Lipinski definition) is 5. The minimum Gasteiger partial charge on any atom is -0.454 e. The molecule has 0 aromatic heterocycles. The lowest BCUT2D eigenvalue weighted by Gasteiger charge is -2.51. The lowest BCUT2D eigenvalue weighted by atomic mass is 9.54. The van der Waals surface area contributed by atoms with Crippen LogP contribution >= 0.6 is 0 Å². The quantitative estimate of drug-likeness (QED) is 0.404. The molecule has 3 unspecified atom stereocenters. The Hall–Kier alpha value is -1.65. The van der Waals surface area contributed by atoms with Crippen LogP contribution in [-0.2, 0) is 23.9 Å². The molecule has 1 heterocycles. The van der Waals surface area contributed by atoms with Crippen LogP contribution in [0.3, 0.4) is 0 Å². The number of rotatable bonds is 1. The van der Waals surface area contributed by atoms with Crippen LogP contribution in [0.4, 0.5) is 0 Å². The molecule has 2 bridgehead atoms. The van der Waals surface area contributed by atoms with Crippen LogP contribution in [-0.4, -0.2) is 23.5 Å². The number of carbonyl (C=O) groups excluding carboxylic acids is 3. The molecule has 4 rings (SSSR count). The number of cyclic esters (lactones) is 2. The smallest absolute Gasteiger partial charge is 0.321 e. The van der Waals surface area contributed by atoms with Gasteiger partial charge in [-0.25, -0.2) is 0 Å². The summed E-state index contributed by atoms with van der Waals surface area (Å²) in [6.07, 6.45) is 2.41. The van der Waals surface area contributed by atoms with Gasteiger partial charge in [-0.05, 0) is 31.3 Å². The highest BCUT2D eigenvalue weighted by atomic mass is 16.6. The number of ether oxygens (including phenoxy) is 2. The molecular formula is C14H16O5. The maximum atomic E-state index is 11.9. The summed E-state index contributed by atoms with van der Waals surface area (Å²) in [7, 11) is 0. The van der Waals surface area contributed by atoms with Crippen molar-refractivity contribution in [2.45, 2.75) is 32.8 Å². The van der Waals surface area contributed by atoms with E-state index in [1.54, 1.807) is 0 Å². The van der Waals surface area contributed by atoms with Gasteiger partial charge in [-0.3, -0.25) is 14.4 Å². The van der Waals surface area contributed by atoms with E-state index in [1.165, 1.54) is 6.92 Å². The van der Waals surface area contributed by atoms with Gasteiger partial charge in [0.2, 0.25) is 0 Å². The Morgan fingerprint density at radius 1 is 1.37 bits per heavy atom. The topological polar surface area (TPSA) is 69.7 Å². The summed E-state index contributed by atoms with van der Waals surface area (Å²) in [5.74, 6) is -2.45. The summed E-state index contributed by atoms with van der Waals surface area (Å²) in [6, 6.07) is 0. The van der Waals surface area contributed by atoms with Gasteiger partial charge in [-0.1, -0.05) is 12.5 Å². The van der Waals surface area contributed by atoms with E-state index < -0.39 is 35.3 Å². The van der Waals surface area contributed by atoms with Crippen LogP contribution in [0.5, 0.6) is 0 Å². The van der Waals surface area contributed by atoms with E-state index in [2.05, 4.69) is 0 Å². The summed E-state index contributed by atoms with van der Waals surface area (Å²) in [4.78, 5) is 35.3. The van der Waals surface area contributed by atoms with Gasteiger partial charge in [0.05, 0.1) is 5.92 Å². The molecule has 5 nitrogen and oxygen atoms in total. The van der Waals surface area contributed by atoms with Gasteiger partial charge < -0.3 is 9.47 Å². The summed E-state index contributed by atoms with van der Waals surface area (Å²) in [5.41, 5.74) is 0.00532. The van der Waals surface area contributed by atoms with Crippen molar-refractivity contribution < 1.29 is 23.9 Å². The molecule has 0 spiro atoms. The Balaban J connectivity index is 2.15. The zero-order valence-corrected chi connectivity index (χ0v) is 11.1. The number of allylic oxidation sites excluding steroid dienone is 1. The van der Waals surface area contributed by atoms with Crippen LogP contribution in [0.15, 0.2) is 11.6 Å². The zero-order valence-electron chi connectivity index (χ0n) is 11.1. The van der Waals surface area contributed by atoms with E-state index in [4.69, 9.17) is 9.47 Å². The molecule has 0 aromatic rings. The highest BCUT2D eigenvalue weighted by Crippen LogP contribution is 2.57. The number of carbonyl (C=O) groups is 3. The minimum absolute atomic E-state index is 0.0152. The van der Waals surface area contributed by atoms with Gasteiger partial charge in [0.25, 0.3) is 0 Å². The fraction of sp³-hybridized carbons (Fsp3) is 0.643. The fourth-order valence-electron chi connectivity index (χ4n) is 4.25. The summed E-state index contributed by atoms with van der Waals surface area (Å²) in [6.45, 7) is 5.26. The Morgan fingerprint density at radius 3 is 2.63 bits per heavy atom. The van der Waals surface area contributed by atoms with Crippen LogP contribution in [0.25, 0.3) is 0 Å². The maximum absolute atomic E-state index is 11.9. The van der Waals surface area contributed by atoms with Crippen molar-refractivity contribution in [1.82, 2.24) is 0 Å². The van der Waals surface area contributed by atoms with Crippen molar-refractivity contribution in [2.75, 3.05) is 0 Å². The average molecular weight is 264 g/mol. The molecule has 19 heavy (non-hydrogen) atoms. The van der Waals surface area contributed by atoms with Gasteiger partial charge >= 0.3 is 17.9 Å². The van der Waals surface area contributed by atoms with Crippen LogP contribution < -0.4 is 0 Å². The van der Waals surface area contributed by atoms with Crippen molar-refractivity contribution in [3.05, 3.63) is 11.6 Å². The zero-order chi connectivity index (χ0) is 13.9. The Labute approximate surface area is 110 Å². The van der Waals surface area contributed by atoms with Crippen molar-refractivity contribution in [1.29, 1.82) is 0 Å². The first kappa shape index (κ1) is 12.4. The summed E-state index contributed by atoms with van der Waals surface area (Å²) >= 11 is 0. The van der Waals surface area contributed by atoms with E-state index in [0.29, 0.717) is 6.42 Å². The third-order valence-corrected chi connectivity index (χ3v) is 4.59. The second kappa shape index (κ2) is 3.68. The number of fused-ring (bicyclic) bond motifs is 1. The van der Waals surface area contributed by atoms with Crippen molar-refractivity contribution in [3.63, 3.8) is 0 Å². The molecular weight excluding hydrogens is 248 g/mol. The standard InChI is InChI=1S/C14H16O5/c1-6-4-14(19-8(3)15)5-7(2)9(6)10-11(14)13(17)18-12(10)16/h4,7,9-11H,5H2,1-3H3/t7?,9-,10?,11?,14-/m1/s1.